The Balaban J connectivity index is 1.33. The van der Waals surface area contributed by atoms with Crippen molar-refractivity contribution in [2.45, 2.75) is 6.10 Å². The van der Waals surface area contributed by atoms with E-state index in [4.69, 9.17) is 4.74 Å². The number of nitrogens with zero attached hydrogens (tertiary/aromatic N) is 2. The second-order valence-corrected chi connectivity index (χ2v) is 6.99. The molecular formula is C23H22FN3O2. The standard InChI is InChI=1S/C23H22FN3O2/c1-26(23(28)17-6-3-2-4-7-17)25-19-8-5-9-20(14-19)27-15-22(16-27)29-21-12-10-18(24)11-13-21/h2-14,22,25H,15-16H2,1H3. The zero-order valence-electron chi connectivity index (χ0n) is 16.1. The second-order valence-electron chi connectivity index (χ2n) is 6.99. The van der Waals surface area contributed by atoms with Crippen molar-refractivity contribution in [1.82, 2.24) is 5.01 Å². The van der Waals surface area contributed by atoms with Crippen LogP contribution in [0.4, 0.5) is 15.8 Å². The molecule has 0 aromatic heterocycles. The van der Waals surface area contributed by atoms with Gasteiger partial charge in [0.15, 0.2) is 0 Å². The van der Waals surface area contributed by atoms with Gasteiger partial charge in [0.25, 0.3) is 5.91 Å². The number of anilines is 2. The number of carbonyl (C=O) groups excluding carboxylic acids is 1. The number of hydrazine groups is 1. The summed E-state index contributed by atoms with van der Waals surface area (Å²) in [7, 11) is 1.71. The lowest BCUT2D eigenvalue weighted by molar-refractivity contribution is 0.0826. The number of carbonyl (C=O) groups is 1. The van der Waals surface area contributed by atoms with E-state index in [2.05, 4.69) is 10.3 Å². The normalized spacial score (nSPS) is 13.5. The van der Waals surface area contributed by atoms with E-state index in [1.165, 1.54) is 17.1 Å². The van der Waals surface area contributed by atoms with Gasteiger partial charge in [0, 0.05) is 18.3 Å². The monoisotopic (exact) mass is 391 g/mol. The molecule has 1 amide bonds. The summed E-state index contributed by atoms with van der Waals surface area (Å²) in [5.41, 5.74) is 5.64. The smallest absolute Gasteiger partial charge is 0.271 e. The van der Waals surface area contributed by atoms with Crippen LogP contribution in [-0.2, 0) is 0 Å². The van der Waals surface area contributed by atoms with Crippen LogP contribution in [0.5, 0.6) is 5.75 Å². The third kappa shape index (κ3) is 4.48. The Hall–Kier alpha value is -3.54. The second kappa shape index (κ2) is 8.22. The van der Waals surface area contributed by atoms with E-state index in [1.54, 1.807) is 31.3 Å². The first-order valence-electron chi connectivity index (χ1n) is 9.45. The van der Waals surface area contributed by atoms with E-state index >= 15 is 0 Å². The summed E-state index contributed by atoms with van der Waals surface area (Å²) in [6.07, 6.45) is 0.0689. The summed E-state index contributed by atoms with van der Waals surface area (Å²) in [6.45, 7) is 1.50. The van der Waals surface area contributed by atoms with E-state index in [9.17, 15) is 9.18 Å². The molecule has 4 rings (SSSR count). The molecule has 1 fully saturated rings. The molecule has 0 atom stereocenters. The number of benzene rings is 3. The largest absolute Gasteiger partial charge is 0.487 e. The van der Waals surface area contributed by atoms with Gasteiger partial charge in [0.05, 0.1) is 18.8 Å². The average Bonchev–Trinajstić information content (AvgIpc) is 2.72. The molecule has 148 valence electrons. The minimum atomic E-state index is -0.271. The van der Waals surface area contributed by atoms with Gasteiger partial charge in [-0.25, -0.2) is 4.39 Å². The molecule has 0 radical (unpaired) electrons. The highest BCUT2D eigenvalue weighted by molar-refractivity contribution is 5.94. The molecule has 1 aliphatic rings. The van der Waals surface area contributed by atoms with Crippen molar-refractivity contribution in [3.63, 3.8) is 0 Å². The van der Waals surface area contributed by atoms with Crippen molar-refractivity contribution < 1.29 is 13.9 Å². The summed E-state index contributed by atoms with van der Waals surface area (Å²) in [4.78, 5) is 14.7. The van der Waals surface area contributed by atoms with Crippen molar-refractivity contribution in [1.29, 1.82) is 0 Å². The predicted molar refractivity (Wildman–Crippen MR) is 112 cm³/mol. The molecule has 1 aliphatic heterocycles. The van der Waals surface area contributed by atoms with Crippen molar-refractivity contribution >= 4 is 17.3 Å². The number of hydrogen-bond acceptors (Lipinski definition) is 4. The average molecular weight is 391 g/mol. The van der Waals surface area contributed by atoms with E-state index in [1.807, 2.05) is 42.5 Å². The number of amides is 1. The SMILES string of the molecule is CN(Nc1cccc(N2CC(Oc3ccc(F)cc3)C2)c1)C(=O)c1ccccc1. The Morgan fingerprint density at radius 3 is 2.48 bits per heavy atom. The van der Waals surface area contributed by atoms with Crippen LogP contribution in [-0.4, -0.2) is 37.2 Å². The van der Waals surface area contributed by atoms with Crippen molar-refractivity contribution in [3.05, 3.63) is 90.2 Å². The minimum absolute atomic E-state index is 0.0689. The van der Waals surface area contributed by atoms with Gasteiger partial charge >= 0.3 is 0 Å². The third-order valence-electron chi connectivity index (χ3n) is 4.80. The molecule has 6 heteroatoms. The van der Waals surface area contributed by atoms with E-state index in [0.29, 0.717) is 11.3 Å². The van der Waals surface area contributed by atoms with Crippen LogP contribution in [0.1, 0.15) is 10.4 Å². The predicted octanol–water partition coefficient (Wildman–Crippen LogP) is 4.19. The molecular weight excluding hydrogens is 369 g/mol. The number of nitrogens with one attached hydrogen (secondary N) is 1. The van der Waals surface area contributed by atoms with Crippen LogP contribution in [0.3, 0.4) is 0 Å². The fourth-order valence-electron chi connectivity index (χ4n) is 3.22. The molecule has 3 aromatic carbocycles. The van der Waals surface area contributed by atoms with Gasteiger partial charge in [0.2, 0.25) is 0 Å². The van der Waals surface area contributed by atoms with Gasteiger partial charge in [-0.1, -0.05) is 24.3 Å². The molecule has 0 spiro atoms. The first kappa shape index (κ1) is 18.8. The molecule has 0 unspecified atom stereocenters. The lowest BCUT2D eigenvalue weighted by Gasteiger charge is -2.40. The van der Waals surface area contributed by atoms with Crippen molar-refractivity contribution in [2.24, 2.45) is 0 Å². The van der Waals surface area contributed by atoms with Gasteiger partial charge in [-0.05, 0) is 54.6 Å². The Bertz CT molecular complexity index is 973. The Morgan fingerprint density at radius 1 is 1.03 bits per heavy atom. The topological polar surface area (TPSA) is 44.8 Å². The fourth-order valence-corrected chi connectivity index (χ4v) is 3.22. The highest BCUT2D eigenvalue weighted by Crippen LogP contribution is 2.26. The molecule has 1 heterocycles. The molecule has 1 saturated heterocycles. The Kier molecular flexibility index (Phi) is 5.33. The van der Waals surface area contributed by atoms with Gasteiger partial charge in [-0.15, -0.1) is 0 Å². The maximum Gasteiger partial charge on any atom is 0.271 e. The summed E-state index contributed by atoms with van der Waals surface area (Å²) >= 11 is 0. The first-order chi connectivity index (χ1) is 14.1. The lowest BCUT2D eigenvalue weighted by Crippen LogP contribution is -2.54. The number of rotatable bonds is 6. The molecule has 1 N–H and O–H groups in total. The number of hydrogen-bond donors (Lipinski definition) is 1. The van der Waals surface area contributed by atoms with Crippen LogP contribution in [0.15, 0.2) is 78.9 Å². The van der Waals surface area contributed by atoms with E-state index in [-0.39, 0.29) is 17.8 Å². The number of ether oxygens (including phenoxy) is 1. The van der Waals surface area contributed by atoms with E-state index < -0.39 is 0 Å². The maximum absolute atomic E-state index is 13.0. The zero-order valence-corrected chi connectivity index (χ0v) is 16.1. The Morgan fingerprint density at radius 2 is 1.76 bits per heavy atom. The van der Waals surface area contributed by atoms with Crippen LogP contribution < -0.4 is 15.1 Å². The van der Waals surface area contributed by atoms with Crippen LogP contribution in [0.25, 0.3) is 0 Å². The summed E-state index contributed by atoms with van der Waals surface area (Å²) in [6, 6.07) is 23.1. The molecule has 3 aromatic rings. The Labute approximate surface area is 169 Å². The van der Waals surface area contributed by atoms with Crippen molar-refractivity contribution in [3.8, 4) is 5.75 Å². The molecule has 0 saturated carbocycles. The fraction of sp³-hybridized carbons (Fsp3) is 0.174. The van der Waals surface area contributed by atoms with Gasteiger partial charge in [-0.2, -0.15) is 0 Å². The molecule has 29 heavy (non-hydrogen) atoms. The maximum atomic E-state index is 13.0. The van der Waals surface area contributed by atoms with Crippen LogP contribution in [0, 0.1) is 5.82 Å². The zero-order chi connectivity index (χ0) is 20.2. The molecule has 0 aliphatic carbocycles. The molecule has 0 bridgehead atoms. The van der Waals surface area contributed by atoms with Gasteiger partial charge in [0.1, 0.15) is 17.7 Å². The van der Waals surface area contributed by atoms with Gasteiger partial charge in [-0.3, -0.25) is 15.2 Å². The summed E-state index contributed by atoms with van der Waals surface area (Å²) in [5, 5.41) is 1.48. The van der Waals surface area contributed by atoms with E-state index in [0.717, 1.165) is 24.5 Å². The quantitative estimate of drug-likeness (QED) is 0.640. The first-order valence-corrected chi connectivity index (χ1v) is 9.45. The summed E-state index contributed by atoms with van der Waals surface area (Å²) < 4.78 is 18.8. The number of halogens is 1. The van der Waals surface area contributed by atoms with Crippen LogP contribution >= 0.6 is 0 Å². The highest BCUT2D eigenvalue weighted by atomic mass is 19.1. The van der Waals surface area contributed by atoms with Crippen molar-refractivity contribution in [2.75, 3.05) is 30.5 Å². The van der Waals surface area contributed by atoms with Gasteiger partial charge < -0.3 is 9.64 Å². The summed E-state index contributed by atoms with van der Waals surface area (Å²) in [5.74, 6) is 0.299. The molecule has 5 nitrogen and oxygen atoms in total. The minimum Gasteiger partial charge on any atom is -0.487 e. The third-order valence-corrected chi connectivity index (χ3v) is 4.80. The van der Waals surface area contributed by atoms with Crippen LogP contribution in [0.2, 0.25) is 0 Å². The lowest BCUT2D eigenvalue weighted by atomic mass is 10.1. The highest BCUT2D eigenvalue weighted by Gasteiger charge is 2.28.